The van der Waals surface area contributed by atoms with E-state index in [1.165, 1.54) is 4.88 Å². The van der Waals surface area contributed by atoms with Gasteiger partial charge in [-0.05, 0) is 25.7 Å². The maximum absolute atomic E-state index is 12.0. The smallest absolute Gasteiger partial charge is 0.223 e. The van der Waals surface area contributed by atoms with Crippen molar-refractivity contribution < 1.29 is 4.79 Å². The largest absolute Gasteiger partial charge is 0.355 e. The van der Waals surface area contributed by atoms with Crippen molar-refractivity contribution >= 4 is 17.2 Å². The predicted octanol–water partition coefficient (Wildman–Crippen LogP) is 1.88. The number of amides is 1. The number of nitrogens with zero attached hydrogens (tertiary/aromatic N) is 1. The summed E-state index contributed by atoms with van der Waals surface area (Å²) >= 11 is 1.74. The SMILES string of the molecule is CCc1cnc(CCNC(=O)C2CCCC(N)C2)s1. The van der Waals surface area contributed by atoms with Crippen molar-refractivity contribution in [2.24, 2.45) is 11.7 Å². The van der Waals surface area contributed by atoms with Gasteiger partial charge in [-0.3, -0.25) is 4.79 Å². The highest BCUT2D eigenvalue weighted by Gasteiger charge is 2.24. The Hall–Kier alpha value is -0.940. The first-order valence-electron chi connectivity index (χ1n) is 7.16. The van der Waals surface area contributed by atoms with Gasteiger partial charge in [-0.1, -0.05) is 13.3 Å². The van der Waals surface area contributed by atoms with Gasteiger partial charge in [0.05, 0.1) is 5.01 Å². The van der Waals surface area contributed by atoms with Crippen molar-refractivity contribution in [3.05, 3.63) is 16.1 Å². The highest BCUT2D eigenvalue weighted by Crippen LogP contribution is 2.23. The highest BCUT2D eigenvalue weighted by molar-refractivity contribution is 7.11. The van der Waals surface area contributed by atoms with Crippen molar-refractivity contribution in [1.29, 1.82) is 0 Å². The molecule has 5 heteroatoms. The molecule has 4 nitrogen and oxygen atoms in total. The Kier molecular flexibility index (Phi) is 5.34. The third-order valence-electron chi connectivity index (χ3n) is 3.67. The quantitative estimate of drug-likeness (QED) is 0.866. The lowest BCUT2D eigenvalue weighted by Crippen LogP contribution is -2.38. The molecule has 1 fully saturated rings. The van der Waals surface area contributed by atoms with Crippen LogP contribution >= 0.6 is 11.3 Å². The van der Waals surface area contributed by atoms with Crippen molar-refractivity contribution in [1.82, 2.24) is 10.3 Å². The van der Waals surface area contributed by atoms with Crippen molar-refractivity contribution in [2.75, 3.05) is 6.54 Å². The first-order valence-corrected chi connectivity index (χ1v) is 7.97. The Bertz CT molecular complexity index is 419. The van der Waals surface area contributed by atoms with E-state index in [4.69, 9.17) is 5.73 Å². The van der Waals surface area contributed by atoms with E-state index in [1.54, 1.807) is 11.3 Å². The van der Waals surface area contributed by atoms with Crippen LogP contribution in [0, 0.1) is 5.92 Å². The number of thiazole rings is 1. The van der Waals surface area contributed by atoms with Crippen molar-refractivity contribution in [3.8, 4) is 0 Å². The number of nitrogens with two attached hydrogens (primary N) is 1. The number of carbonyl (C=O) groups is 1. The maximum atomic E-state index is 12.0. The summed E-state index contributed by atoms with van der Waals surface area (Å²) in [4.78, 5) is 17.7. The first kappa shape index (κ1) is 14.5. The second-order valence-corrected chi connectivity index (χ2v) is 6.44. The molecule has 1 aliphatic rings. The number of rotatable bonds is 5. The van der Waals surface area contributed by atoms with Crippen LogP contribution in [-0.2, 0) is 17.6 Å². The zero-order chi connectivity index (χ0) is 13.7. The summed E-state index contributed by atoms with van der Waals surface area (Å²) < 4.78 is 0. The monoisotopic (exact) mass is 281 g/mol. The molecule has 106 valence electrons. The van der Waals surface area contributed by atoms with Crippen LogP contribution in [0.25, 0.3) is 0 Å². The fraction of sp³-hybridized carbons (Fsp3) is 0.714. The normalized spacial score (nSPS) is 23.3. The van der Waals surface area contributed by atoms with Gasteiger partial charge in [-0.25, -0.2) is 4.98 Å². The average molecular weight is 281 g/mol. The Morgan fingerprint density at radius 1 is 1.58 bits per heavy atom. The average Bonchev–Trinajstić information content (AvgIpc) is 2.86. The molecule has 0 saturated heterocycles. The number of aromatic nitrogens is 1. The van der Waals surface area contributed by atoms with E-state index in [0.29, 0.717) is 6.54 Å². The molecule has 0 radical (unpaired) electrons. The molecule has 1 aromatic heterocycles. The van der Waals surface area contributed by atoms with Crippen molar-refractivity contribution in [3.63, 3.8) is 0 Å². The molecule has 1 saturated carbocycles. The van der Waals surface area contributed by atoms with Gasteiger partial charge in [0.1, 0.15) is 0 Å². The van der Waals surface area contributed by atoms with Crippen LogP contribution in [0.1, 0.15) is 42.5 Å². The summed E-state index contributed by atoms with van der Waals surface area (Å²) in [6, 6.07) is 0.204. The van der Waals surface area contributed by atoms with Crippen LogP contribution in [0.3, 0.4) is 0 Å². The van der Waals surface area contributed by atoms with Crippen LogP contribution in [-0.4, -0.2) is 23.5 Å². The van der Waals surface area contributed by atoms with Gasteiger partial charge in [0.25, 0.3) is 0 Å². The molecular weight excluding hydrogens is 258 g/mol. The molecule has 0 aromatic carbocycles. The predicted molar refractivity (Wildman–Crippen MR) is 78.1 cm³/mol. The third-order valence-corrected chi connectivity index (χ3v) is 4.87. The lowest BCUT2D eigenvalue weighted by atomic mass is 9.85. The first-order chi connectivity index (χ1) is 9.19. The topological polar surface area (TPSA) is 68.0 Å². The fourth-order valence-corrected chi connectivity index (χ4v) is 3.39. The minimum atomic E-state index is 0.117. The van der Waals surface area contributed by atoms with E-state index in [1.807, 2.05) is 6.20 Å². The molecule has 2 unspecified atom stereocenters. The molecule has 2 rings (SSSR count). The van der Waals surface area contributed by atoms with E-state index in [-0.39, 0.29) is 17.9 Å². The zero-order valence-electron chi connectivity index (χ0n) is 11.5. The molecule has 2 atom stereocenters. The van der Waals surface area contributed by atoms with Crippen LogP contribution < -0.4 is 11.1 Å². The third kappa shape index (κ3) is 4.28. The summed E-state index contributed by atoms with van der Waals surface area (Å²) in [6.07, 6.45) is 7.75. The summed E-state index contributed by atoms with van der Waals surface area (Å²) in [5.74, 6) is 0.286. The lowest BCUT2D eigenvalue weighted by molar-refractivity contribution is -0.126. The molecule has 1 aromatic rings. The summed E-state index contributed by atoms with van der Waals surface area (Å²) in [7, 11) is 0. The van der Waals surface area contributed by atoms with Gasteiger partial charge in [-0.2, -0.15) is 0 Å². The van der Waals surface area contributed by atoms with E-state index >= 15 is 0 Å². The lowest BCUT2D eigenvalue weighted by Gasteiger charge is -2.25. The van der Waals surface area contributed by atoms with E-state index < -0.39 is 0 Å². The standard InChI is InChI=1S/C14H23N3OS/c1-2-12-9-17-13(19-12)6-7-16-14(18)10-4-3-5-11(15)8-10/h9-11H,2-8,15H2,1H3,(H,16,18). The van der Waals surface area contributed by atoms with E-state index in [2.05, 4.69) is 17.2 Å². The Labute approximate surface area is 118 Å². The number of nitrogens with one attached hydrogen (secondary N) is 1. The summed E-state index contributed by atoms with van der Waals surface area (Å²) in [5.41, 5.74) is 5.91. The molecule has 0 aliphatic heterocycles. The minimum Gasteiger partial charge on any atom is -0.355 e. The molecule has 1 aliphatic carbocycles. The summed E-state index contributed by atoms with van der Waals surface area (Å²) in [6.45, 7) is 2.81. The highest BCUT2D eigenvalue weighted by atomic mass is 32.1. The second-order valence-electron chi connectivity index (χ2n) is 5.24. The minimum absolute atomic E-state index is 0.117. The van der Waals surface area contributed by atoms with Gasteiger partial charge in [-0.15, -0.1) is 11.3 Å². The maximum Gasteiger partial charge on any atom is 0.223 e. The molecular formula is C14H23N3OS. The van der Waals surface area contributed by atoms with Gasteiger partial charge in [0.2, 0.25) is 5.91 Å². The van der Waals surface area contributed by atoms with Gasteiger partial charge in [0.15, 0.2) is 0 Å². The van der Waals surface area contributed by atoms with Crippen LogP contribution in [0.4, 0.5) is 0 Å². The van der Waals surface area contributed by atoms with Crippen molar-refractivity contribution in [2.45, 2.75) is 51.5 Å². The fourth-order valence-electron chi connectivity index (χ4n) is 2.53. The molecule has 0 bridgehead atoms. The zero-order valence-corrected chi connectivity index (χ0v) is 12.3. The van der Waals surface area contributed by atoms with Crippen LogP contribution in [0.15, 0.2) is 6.20 Å². The molecule has 3 N–H and O–H groups in total. The Morgan fingerprint density at radius 2 is 2.42 bits per heavy atom. The Balaban J connectivity index is 1.71. The Morgan fingerprint density at radius 3 is 3.11 bits per heavy atom. The van der Waals surface area contributed by atoms with Gasteiger partial charge >= 0.3 is 0 Å². The molecule has 1 amide bonds. The van der Waals surface area contributed by atoms with Crippen LogP contribution in [0.2, 0.25) is 0 Å². The molecule has 1 heterocycles. The number of hydrogen-bond acceptors (Lipinski definition) is 4. The summed E-state index contributed by atoms with van der Waals surface area (Å²) in [5, 5.41) is 4.13. The molecule has 0 spiro atoms. The number of hydrogen-bond donors (Lipinski definition) is 2. The second kappa shape index (κ2) is 7.01. The van der Waals surface area contributed by atoms with Gasteiger partial charge in [0, 0.05) is 36.0 Å². The van der Waals surface area contributed by atoms with Crippen LogP contribution in [0.5, 0.6) is 0 Å². The number of aryl methyl sites for hydroxylation is 1. The van der Waals surface area contributed by atoms with E-state index in [0.717, 1.165) is 43.5 Å². The molecule has 19 heavy (non-hydrogen) atoms. The van der Waals surface area contributed by atoms with E-state index in [9.17, 15) is 4.79 Å². The van der Waals surface area contributed by atoms with Gasteiger partial charge < -0.3 is 11.1 Å². The number of carbonyl (C=O) groups excluding carboxylic acids is 1.